The van der Waals surface area contributed by atoms with Crippen LogP contribution in [0.15, 0.2) is 53.1 Å². The van der Waals surface area contributed by atoms with Crippen molar-refractivity contribution in [3.63, 3.8) is 0 Å². The number of hydrogen-bond donors (Lipinski definition) is 1. The topological polar surface area (TPSA) is 47.3 Å². The van der Waals surface area contributed by atoms with Crippen molar-refractivity contribution in [2.75, 3.05) is 5.32 Å². The van der Waals surface area contributed by atoms with Crippen LogP contribution in [0.25, 0.3) is 0 Å². The number of nitrogens with one attached hydrogen (secondary N) is 1. The molecule has 0 saturated carbocycles. The summed E-state index contributed by atoms with van der Waals surface area (Å²) in [6.07, 6.45) is 0. The van der Waals surface area contributed by atoms with Gasteiger partial charge in [0.1, 0.15) is 18.1 Å². The minimum Gasteiger partial charge on any atom is -0.487 e. The van der Waals surface area contributed by atoms with Gasteiger partial charge in [-0.1, -0.05) is 41.6 Å². The van der Waals surface area contributed by atoms with E-state index in [1.807, 2.05) is 38.1 Å². The van der Waals surface area contributed by atoms with Crippen LogP contribution < -0.4 is 10.1 Å². The summed E-state index contributed by atoms with van der Waals surface area (Å²) >= 11 is 0. The molecule has 1 N–H and O–H groups in total. The first-order valence-corrected chi connectivity index (χ1v) is 8.06. The average molecular weight is 322 g/mol. The average Bonchev–Trinajstić information content (AvgIpc) is 2.91. The molecule has 0 fully saturated rings. The van der Waals surface area contributed by atoms with Crippen molar-refractivity contribution in [1.29, 1.82) is 0 Å². The first-order valence-electron chi connectivity index (χ1n) is 8.06. The van der Waals surface area contributed by atoms with E-state index in [0.717, 1.165) is 34.0 Å². The van der Waals surface area contributed by atoms with Gasteiger partial charge in [-0.15, -0.1) is 0 Å². The van der Waals surface area contributed by atoms with Gasteiger partial charge in [0.15, 0.2) is 0 Å². The van der Waals surface area contributed by atoms with Crippen LogP contribution in [0.4, 0.5) is 5.69 Å². The molecule has 0 saturated heterocycles. The van der Waals surface area contributed by atoms with Gasteiger partial charge in [-0.05, 0) is 44.0 Å². The van der Waals surface area contributed by atoms with Gasteiger partial charge in [-0.2, -0.15) is 0 Å². The minimum absolute atomic E-state index is 0.546. The van der Waals surface area contributed by atoms with Crippen molar-refractivity contribution >= 4 is 5.69 Å². The largest absolute Gasteiger partial charge is 0.487 e. The molecule has 0 atom stereocenters. The number of aromatic nitrogens is 1. The van der Waals surface area contributed by atoms with E-state index in [4.69, 9.17) is 9.26 Å². The van der Waals surface area contributed by atoms with Crippen LogP contribution in [0.3, 0.4) is 0 Å². The second-order valence-electron chi connectivity index (χ2n) is 5.93. The van der Waals surface area contributed by atoms with Crippen molar-refractivity contribution < 1.29 is 9.26 Å². The molecule has 0 bridgehead atoms. The van der Waals surface area contributed by atoms with E-state index in [2.05, 4.69) is 41.7 Å². The third-order valence-corrected chi connectivity index (χ3v) is 4.01. The third kappa shape index (κ3) is 3.77. The molecule has 0 aliphatic rings. The quantitative estimate of drug-likeness (QED) is 0.709. The van der Waals surface area contributed by atoms with Gasteiger partial charge >= 0.3 is 0 Å². The molecule has 24 heavy (non-hydrogen) atoms. The van der Waals surface area contributed by atoms with Gasteiger partial charge in [0, 0.05) is 12.1 Å². The van der Waals surface area contributed by atoms with Gasteiger partial charge < -0.3 is 14.6 Å². The summed E-state index contributed by atoms with van der Waals surface area (Å²) in [4.78, 5) is 0. The van der Waals surface area contributed by atoms with Crippen LogP contribution >= 0.6 is 0 Å². The molecule has 0 spiro atoms. The number of aryl methyl sites for hydroxylation is 3. The summed E-state index contributed by atoms with van der Waals surface area (Å²) < 4.78 is 11.2. The van der Waals surface area contributed by atoms with E-state index in [0.29, 0.717) is 13.2 Å². The van der Waals surface area contributed by atoms with Crippen molar-refractivity contribution in [1.82, 2.24) is 5.16 Å². The first-order chi connectivity index (χ1) is 11.6. The molecule has 0 amide bonds. The number of hydrogen-bond acceptors (Lipinski definition) is 4. The Bertz CT molecular complexity index is 790. The zero-order valence-electron chi connectivity index (χ0n) is 14.3. The van der Waals surface area contributed by atoms with Crippen molar-refractivity contribution in [3.05, 3.63) is 76.7 Å². The van der Waals surface area contributed by atoms with E-state index in [-0.39, 0.29) is 0 Å². The summed E-state index contributed by atoms with van der Waals surface area (Å²) in [6.45, 7) is 7.15. The Morgan fingerprint density at radius 1 is 1.04 bits per heavy atom. The van der Waals surface area contributed by atoms with E-state index in [1.54, 1.807) is 0 Å². The van der Waals surface area contributed by atoms with E-state index in [9.17, 15) is 0 Å². The van der Waals surface area contributed by atoms with Gasteiger partial charge in [0.25, 0.3) is 0 Å². The predicted molar refractivity (Wildman–Crippen MR) is 95.3 cm³/mol. The van der Waals surface area contributed by atoms with E-state index >= 15 is 0 Å². The van der Waals surface area contributed by atoms with Gasteiger partial charge in [0.2, 0.25) is 0 Å². The monoisotopic (exact) mass is 322 g/mol. The SMILES string of the molecule is Cc1ccc(NCc2c(C)noc2C)c(OCc2ccccc2)c1. The second kappa shape index (κ2) is 7.21. The Morgan fingerprint density at radius 2 is 1.83 bits per heavy atom. The lowest BCUT2D eigenvalue weighted by Crippen LogP contribution is -2.04. The highest BCUT2D eigenvalue weighted by Gasteiger charge is 2.10. The zero-order valence-corrected chi connectivity index (χ0v) is 14.3. The molecule has 124 valence electrons. The Hall–Kier alpha value is -2.75. The molecular formula is C20H22N2O2. The second-order valence-corrected chi connectivity index (χ2v) is 5.93. The van der Waals surface area contributed by atoms with Crippen LogP contribution in [0, 0.1) is 20.8 Å². The van der Waals surface area contributed by atoms with Gasteiger partial charge in [-0.3, -0.25) is 0 Å². The Morgan fingerprint density at radius 3 is 2.54 bits per heavy atom. The maximum absolute atomic E-state index is 6.03. The molecule has 0 aliphatic heterocycles. The third-order valence-electron chi connectivity index (χ3n) is 4.01. The van der Waals surface area contributed by atoms with Gasteiger partial charge in [0.05, 0.1) is 11.4 Å². The molecule has 4 nitrogen and oxygen atoms in total. The fourth-order valence-electron chi connectivity index (χ4n) is 2.57. The fraction of sp³-hybridized carbons (Fsp3) is 0.250. The highest BCUT2D eigenvalue weighted by atomic mass is 16.5. The normalized spacial score (nSPS) is 10.6. The van der Waals surface area contributed by atoms with Crippen molar-refractivity contribution in [3.8, 4) is 5.75 Å². The van der Waals surface area contributed by atoms with Gasteiger partial charge in [-0.25, -0.2) is 0 Å². The molecular weight excluding hydrogens is 300 g/mol. The van der Waals surface area contributed by atoms with E-state index < -0.39 is 0 Å². The molecule has 0 aliphatic carbocycles. The predicted octanol–water partition coefficient (Wildman–Crippen LogP) is 4.79. The Labute approximate surface area is 142 Å². The van der Waals surface area contributed by atoms with Crippen LogP contribution in [0.1, 0.15) is 28.1 Å². The highest BCUT2D eigenvalue weighted by Crippen LogP contribution is 2.28. The maximum atomic E-state index is 6.03. The summed E-state index contributed by atoms with van der Waals surface area (Å²) in [7, 11) is 0. The summed E-state index contributed by atoms with van der Waals surface area (Å²) in [5.41, 5.74) is 5.29. The van der Waals surface area contributed by atoms with E-state index in [1.165, 1.54) is 5.56 Å². The summed E-state index contributed by atoms with van der Waals surface area (Å²) in [5.74, 6) is 1.70. The summed E-state index contributed by atoms with van der Waals surface area (Å²) in [6, 6.07) is 16.3. The van der Waals surface area contributed by atoms with Crippen LogP contribution in [0.5, 0.6) is 5.75 Å². The zero-order chi connectivity index (χ0) is 16.9. The lowest BCUT2D eigenvalue weighted by molar-refractivity contribution is 0.307. The maximum Gasteiger partial charge on any atom is 0.143 e. The number of nitrogens with zero attached hydrogens (tertiary/aromatic N) is 1. The fourth-order valence-corrected chi connectivity index (χ4v) is 2.57. The number of anilines is 1. The molecule has 3 aromatic rings. The smallest absolute Gasteiger partial charge is 0.143 e. The van der Waals surface area contributed by atoms with Crippen LogP contribution in [-0.4, -0.2) is 5.16 Å². The van der Waals surface area contributed by atoms with Crippen LogP contribution in [0.2, 0.25) is 0 Å². The molecule has 2 aromatic carbocycles. The lowest BCUT2D eigenvalue weighted by atomic mass is 10.1. The van der Waals surface area contributed by atoms with Crippen molar-refractivity contribution in [2.45, 2.75) is 33.9 Å². The molecule has 1 aromatic heterocycles. The molecule has 0 radical (unpaired) electrons. The Kier molecular flexibility index (Phi) is 4.85. The Balaban J connectivity index is 1.73. The lowest BCUT2D eigenvalue weighted by Gasteiger charge is -2.14. The number of benzene rings is 2. The number of ether oxygens (including phenoxy) is 1. The molecule has 1 heterocycles. The molecule has 4 heteroatoms. The standard InChI is InChI=1S/C20H22N2O2/c1-14-9-10-19(21-12-18-15(2)22-24-16(18)3)20(11-14)23-13-17-7-5-4-6-8-17/h4-11,21H,12-13H2,1-3H3. The van der Waals surface area contributed by atoms with Crippen molar-refractivity contribution in [2.24, 2.45) is 0 Å². The minimum atomic E-state index is 0.546. The first kappa shape index (κ1) is 16.1. The summed E-state index contributed by atoms with van der Waals surface area (Å²) in [5, 5.41) is 7.43. The molecule has 0 unspecified atom stereocenters. The number of rotatable bonds is 6. The van der Waals surface area contributed by atoms with Crippen LogP contribution in [-0.2, 0) is 13.2 Å². The molecule has 3 rings (SSSR count). The highest BCUT2D eigenvalue weighted by molar-refractivity contribution is 5.58.